The Morgan fingerprint density at radius 3 is 2.94 bits per heavy atom. The van der Waals surface area contributed by atoms with Gasteiger partial charge in [0.2, 0.25) is 0 Å². The first kappa shape index (κ1) is 11.2. The lowest BCUT2D eigenvalue weighted by molar-refractivity contribution is 0.0745. The topological polar surface area (TPSA) is 71.3 Å². The average molecular weight is 246 g/mol. The van der Waals surface area contributed by atoms with E-state index in [4.69, 9.17) is 4.42 Å². The lowest BCUT2D eigenvalue weighted by Gasteiger charge is -2.26. The van der Waals surface area contributed by atoms with Gasteiger partial charge in [0, 0.05) is 19.2 Å². The van der Waals surface area contributed by atoms with Crippen molar-refractivity contribution >= 4 is 5.91 Å². The van der Waals surface area contributed by atoms with Crippen LogP contribution in [0.1, 0.15) is 29.8 Å². The molecule has 0 unspecified atom stereocenters. The van der Waals surface area contributed by atoms with Crippen LogP contribution in [0.5, 0.6) is 0 Å². The number of nitrogens with one attached hydrogen (secondary N) is 1. The first-order valence-electron chi connectivity index (χ1n) is 6.09. The van der Waals surface area contributed by atoms with Crippen molar-refractivity contribution in [3.63, 3.8) is 0 Å². The van der Waals surface area contributed by atoms with E-state index in [0.29, 0.717) is 17.0 Å². The van der Waals surface area contributed by atoms with Crippen LogP contribution in [0.3, 0.4) is 0 Å². The van der Waals surface area contributed by atoms with E-state index in [-0.39, 0.29) is 5.91 Å². The van der Waals surface area contributed by atoms with Gasteiger partial charge >= 0.3 is 0 Å². The zero-order chi connectivity index (χ0) is 12.4. The Bertz CT molecular complexity index is 519. The lowest BCUT2D eigenvalue weighted by atomic mass is 10.1. The summed E-state index contributed by atoms with van der Waals surface area (Å²) < 4.78 is 5.06. The second kappa shape index (κ2) is 4.73. The molecule has 0 spiro atoms. The summed E-state index contributed by atoms with van der Waals surface area (Å²) in [5.74, 6) is -0.221. The van der Waals surface area contributed by atoms with E-state index in [2.05, 4.69) is 15.6 Å². The first-order valence-corrected chi connectivity index (χ1v) is 6.09. The molecule has 0 aromatic carbocycles. The van der Waals surface area contributed by atoms with Gasteiger partial charge in [-0.1, -0.05) is 6.42 Å². The van der Waals surface area contributed by atoms with Gasteiger partial charge in [-0.3, -0.25) is 10.2 Å². The molecule has 0 aliphatic carbocycles. The van der Waals surface area contributed by atoms with Crippen LogP contribution in [0.15, 0.2) is 23.0 Å². The van der Waals surface area contributed by atoms with Gasteiger partial charge in [-0.05, 0) is 12.8 Å². The number of carbonyl (C=O) groups is 1. The van der Waals surface area contributed by atoms with Crippen LogP contribution in [0, 0.1) is 0 Å². The molecule has 1 amide bonds. The van der Waals surface area contributed by atoms with Crippen LogP contribution < -0.4 is 5.43 Å². The third-order valence-electron chi connectivity index (χ3n) is 3.11. The van der Waals surface area contributed by atoms with Crippen molar-refractivity contribution in [3.05, 3.63) is 24.3 Å². The van der Waals surface area contributed by atoms with Gasteiger partial charge in [0.1, 0.15) is 12.0 Å². The quantitative estimate of drug-likeness (QED) is 0.864. The predicted octanol–water partition coefficient (Wildman–Crippen LogP) is 1.31. The second-order valence-electron chi connectivity index (χ2n) is 4.39. The summed E-state index contributed by atoms with van der Waals surface area (Å²) in [7, 11) is 0. The molecule has 94 valence electrons. The standard InChI is InChI=1S/C12H14N4O2/c17-12(15-16-5-2-1-3-6-16)11-9-8-18-7-4-10(9)13-14-11/h4,7-8H,1-3,5-6H2,(H,15,17). The highest BCUT2D eigenvalue weighted by Crippen LogP contribution is 2.22. The van der Waals surface area contributed by atoms with Gasteiger partial charge < -0.3 is 4.42 Å². The number of fused-ring (bicyclic) bond motifs is 1. The van der Waals surface area contributed by atoms with E-state index in [1.807, 2.05) is 5.01 Å². The second-order valence-corrected chi connectivity index (χ2v) is 4.39. The van der Waals surface area contributed by atoms with Crippen molar-refractivity contribution in [2.75, 3.05) is 13.1 Å². The minimum atomic E-state index is -0.221. The maximum absolute atomic E-state index is 12.1. The largest absolute Gasteiger partial charge is 0.472 e. The normalized spacial score (nSPS) is 16.9. The molecular weight excluding hydrogens is 232 g/mol. The van der Waals surface area contributed by atoms with E-state index in [1.165, 1.54) is 18.9 Å². The number of hydrogen-bond donors (Lipinski definition) is 1. The van der Waals surface area contributed by atoms with Gasteiger partial charge in [0.05, 0.1) is 11.8 Å². The number of piperidine rings is 1. The van der Waals surface area contributed by atoms with E-state index < -0.39 is 0 Å². The molecule has 1 N–H and O–H groups in total. The molecule has 0 aromatic rings. The minimum absolute atomic E-state index is 0.221. The fourth-order valence-corrected chi connectivity index (χ4v) is 2.15. The Kier molecular flexibility index (Phi) is 2.93. The molecular formula is C12H14N4O2. The summed E-state index contributed by atoms with van der Waals surface area (Å²) in [4.78, 5) is 12.1. The number of rotatable bonds is 2. The molecule has 3 aliphatic heterocycles. The van der Waals surface area contributed by atoms with E-state index in [9.17, 15) is 4.79 Å². The van der Waals surface area contributed by atoms with Crippen molar-refractivity contribution < 1.29 is 9.21 Å². The van der Waals surface area contributed by atoms with Crippen LogP contribution in [0.4, 0.5) is 0 Å². The summed E-state index contributed by atoms with van der Waals surface area (Å²) in [5.41, 5.74) is 4.50. The Balaban J connectivity index is 1.76. The molecule has 0 saturated carbocycles. The van der Waals surface area contributed by atoms with E-state index in [1.54, 1.807) is 6.07 Å². The van der Waals surface area contributed by atoms with Crippen molar-refractivity contribution in [2.24, 2.45) is 0 Å². The van der Waals surface area contributed by atoms with Crippen molar-refractivity contribution in [2.45, 2.75) is 19.3 Å². The Hall–Kier alpha value is -1.95. The molecule has 3 aliphatic rings. The third kappa shape index (κ3) is 2.06. The number of carbonyl (C=O) groups excluding carboxylic acids is 1. The van der Waals surface area contributed by atoms with Gasteiger partial charge in [0.15, 0.2) is 5.69 Å². The monoisotopic (exact) mass is 246 g/mol. The van der Waals surface area contributed by atoms with Gasteiger partial charge in [-0.25, -0.2) is 5.01 Å². The summed E-state index contributed by atoms with van der Waals surface area (Å²) in [5, 5.41) is 9.79. The molecule has 3 rings (SSSR count). The fourth-order valence-electron chi connectivity index (χ4n) is 2.15. The Morgan fingerprint density at radius 1 is 1.28 bits per heavy atom. The molecule has 6 heteroatoms. The molecule has 0 aromatic heterocycles. The highest BCUT2D eigenvalue weighted by molar-refractivity contribution is 5.98. The summed E-state index contributed by atoms with van der Waals surface area (Å²) in [6.45, 7) is 1.78. The third-order valence-corrected chi connectivity index (χ3v) is 3.11. The zero-order valence-corrected chi connectivity index (χ0v) is 9.93. The summed E-state index contributed by atoms with van der Waals surface area (Å²) >= 11 is 0. The number of hydrogen-bond acceptors (Lipinski definition) is 5. The van der Waals surface area contributed by atoms with Crippen LogP contribution in [0.25, 0.3) is 11.3 Å². The summed E-state index contributed by atoms with van der Waals surface area (Å²) in [6.07, 6.45) is 6.47. The number of amides is 1. The van der Waals surface area contributed by atoms with Gasteiger partial charge in [-0.15, -0.1) is 10.2 Å². The Labute approximate surface area is 104 Å². The number of hydrazine groups is 1. The minimum Gasteiger partial charge on any atom is -0.472 e. The molecule has 0 bridgehead atoms. The summed E-state index contributed by atoms with van der Waals surface area (Å²) in [6, 6.07) is 1.69. The highest BCUT2D eigenvalue weighted by atomic mass is 16.3. The lowest BCUT2D eigenvalue weighted by Crippen LogP contribution is -2.45. The van der Waals surface area contributed by atoms with E-state index >= 15 is 0 Å². The maximum Gasteiger partial charge on any atom is 0.286 e. The molecule has 0 atom stereocenters. The van der Waals surface area contributed by atoms with Crippen LogP contribution in [-0.4, -0.2) is 34.2 Å². The smallest absolute Gasteiger partial charge is 0.286 e. The Morgan fingerprint density at radius 2 is 2.11 bits per heavy atom. The number of nitrogens with zero attached hydrogens (tertiary/aromatic N) is 3. The van der Waals surface area contributed by atoms with Crippen molar-refractivity contribution in [1.82, 2.24) is 20.6 Å². The van der Waals surface area contributed by atoms with Gasteiger partial charge in [-0.2, -0.15) is 0 Å². The average Bonchev–Trinajstić information content (AvgIpc) is 2.84. The zero-order valence-electron chi connectivity index (χ0n) is 9.93. The predicted molar refractivity (Wildman–Crippen MR) is 63.8 cm³/mol. The number of aromatic nitrogens is 2. The molecule has 3 heterocycles. The SMILES string of the molecule is O=C(NN1CCCCC1)c1nnc2ccocc1-2. The molecule has 6 nitrogen and oxygen atoms in total. The molecule has 1 saturated heterocycles. The molecule has 18 heavy (non-hydrogen) atoms. The molecule has 0 radical (unpaired) electrons. The van der Waals surface area contributed by atoms with Crippen molar-refractivity contribution in [3.8, 4) is 11.3 Å². The maximum atomic E-state index is 12.1. The van der Waals surface area contributed by atoms with Crippen LogP contribution in [0.2, 0.25) is 0 Å². The van der Waals surface area contributed by atoms with Crippen molar-refractivity contribution in [1.29, 1.82) is 0 Å². The van der Waals surface area contributed by atoms with Gasteiger partial charge in [0.25, 0.3) is 5.91 Å². The van der Waals surface area contributed by atoms with Crippen LogP contribution >= 0.6 is 0 Å². The van der Waals surface area contributed by atoms with E-state index in [0.717, 1.165) is 25.9 Å². The fraction of sp³-hybridized carbons (Fsp3) is 0.417. The van der Waals surface area contributed by atoms with Crippen LogP contribution in [-0.2, 0) is 0 Å². The first-order chi connectivity index (χ1) is 8.84. The highest BCUT2D eigenvalue weighted by Gasteiger charge is 2.22. The molecule has 1 fully saturated rings.